The Morgan fingerprint density at radius 1 is 1.43 bits per heavy atom. The van der Waals surface area contributed by atoms with Crippen LogP contribution in [0.25, 0.3) is 0 Å². The molecule has 3 rings (SSSR count). The molecule has 1 amide bonds. The number of anilines is 1. The predicted octanol–water partition coefficient (Wildman–Crippen LogP) is 3.35. The van der Waals surface area contributed by atoms with Gasteiger partial charge in [-0.1, -0.05) is 6.07 Å². The minimum absolute atomic E-state index is 0.0875. The van der Waals surface area contributed by atoms with Gasteiger partial charge in [-0.3, -0.25) is 9.48 Å². The number of hydrogen-bond donors (Lipinski definition) is 1. The van der Waals surface area contributed by atoms with E-state index in [-0.39, 0.29) is 24.1 Å². The van der Waals surface area contributed by atoms with Crippen LogP contribution in [0.5, 0.6) is 5.75 Å². The van der Waals surface area contributed by atoms with Crippen molar-refractivity contribution in [2.45, 2.75) is 31.7 Å². The molecule has 5 nitrogen and oxygen atoms in total. The van der Waals surface area contributed by atoms with Gasteiger partial charge in [0.15, 0.2) is 0 Å². The quantitative estimate of drug-likeness (QED) is 0.888. The second kappa shape index (κ2) is 6.36. The van der Waals surface area contributed by atoms with E-state index in [1.54, 1.807) is 31.4 Å². The van der Waals surface area contributed by atoms with E-state index in [1.165, 1.54) is 10.7 Å². The number of benzene rings is 1. The maximum absolute atomic E-state index is 12.8. The molecule has 7 heteroatoms. The fraction of sp³-hybridized carbons (Fsp3) is 0.375. The Morgan fingerprint density at radius 3 is 2.87 bits per heavy atom. The molecular weight excluding hydrogens is 304 g/mol. The molecule has 0 unspecified atom stereocenters. The molecule has 1 aliphatic carbocycles. The second-order valence-electron chi connectivity index (χ2n) is 5.51. The van der Waals surface area contributed by atoms with E-state index in [1.807, 2.05) is 0 Å². The lowest BCUT2D eigenvalue weighted by Crippen LogP contribution is -2.20. The van der Waals surface area contributed by atoms with Crippen LogP contribution in [0.4, 0.5) is 14.5 Å². The Bertz CT molecular complexity index is 711. The number of hydrogen-bond acceptors (Lipinski definition) is 3. The monoisotopic (exact) mass is 321 g/mol. The van der Waals surface area contributed by atoms with Crippen LogP contribution in [-0.4, -0.2) is 22.8 Å². The molecule has 1 aromatic carbocycles. The molecule has 0 atom stereocenters. The Kier molecular flexibility index (Phi) is 4.27. The third-order valence-electron chi connectivity index (χ3n) is 3.70. The van der Waals surface area contributed by atoms with Gasteiger partial charge in [0.1, 0.15) is 18.0 Å². The van der Waals surface area contributed by atoms with E-state index >= 15 is 0 Å². The van der Waals surface area contributed by atoms with Gasteiger partial charge in [0.2, 0.25) is 5.91 Å². The maximum atomic E-state index is 12.8. The molecule has 0 bridgehead atoms. The lowest BCUT2D eigenvalue weighted by atomic mass is 10.2. The Labute approximate surface area is 132 Å². The van der Waals surface area contributed by atoms with Gasteiger partial charge in [-0.2, -0.15) is 5.10 Å². The van der Waals surface area contributed by atoms with E-state index in [9.17, 15) is 13.6 Å². The number of ether oxygens (including phenoxy) is 1. The molecule has 0 spiro atoms. The molecule has 1 saturated carbocycles. The van der Waals surface area contributed by atoms with Crippen molar-refractivity contribution in [2.75, 3.05) is 12.4 Å². The SMILES string of the molecule is COc1cccc(NC(=O)Cn2nc(C(F)F)cc2C2CC2)c1. The molecule has 0 saturated heterocycles. The summed E-state index contributed by atoms with van der Waals surface area (Å²) in [4.78, 5) is 12.2. The van der Waals surface area contributed by atoms with Gasteiger partial charge >= 0.3 is 0 Å². The first kappa shape index (κ1) is 15.5. The van der Waals surface area contributed by atoms with E-state index in [4.69, 9.17) is 4.74 Å². The first-order valence-electron chi connectivity index (χ1n) is 7.36. The number of nitrogens with one attached hydrogen (secondary N) is 1. The standard InChI is InChI=1S/C16H17F2N3O2/c1-23-12-4-2-3-11(7-12)19-15(22)9-21-14(10-5-6-10)8-13(20-21)16(17)18/h2-4,7-8,10,16H,5-6,9H2,1H3,(H,19,22). The number of alkyl halides is 2. The molecule has 1 heterocycles. The van der Waals surface area contributed by atoms with Crippen molar-refractivity contribution in [3.05, 3.63) is 41.7 Å². The zero-order chi connectivity index (χ0) is 16.4. The summed E-state index contributed by atoms with van der Waals surface area (Å²) < 4.78 is 32.1. The minimum Gasteiger partial charge on any atom is -0.497 e. The summed E-state index contributed by atoms with van der Waals surface area (Å²) in [6.45, 7) is -0.0875. The van der Waals surface area contributed by atoms with Crippen LogP contribution in [-0.2, 0) is 11.3 Å². The van der Waals surface area contributed by atoms with Crippen molar-refractivity contribution in [3.63, 3.8) is 0 Å². The number of halogens is 2. The van der Waals surface area contributed by atoms with Crippen molar-refractivity contribution in [3.8, 4) is 5.75 Å². The molecule has 0 radical (unpaired) electrons. The summed E-state index contributed by atoms with van der Waals surface area (Å²) >= 11 is 0. The van der Waals surface area contributed by atoms with Crippen molar-refractivity contribution in [1.29, 1.82) is 0 Å². The van der Waals surface area contributed by atoms with Crippen molar-refractivity contribution >= 4 is 11.6 Å². The number of nitrogens with zero attached hydrogens (tertiary/aromatic N) is 2. The molecule has 122 valence electrons. The average molecular weight is 321 g/mol. The van der Waals surface area contributed by atoms with Crippen LogP contribution >= 0.6 is 0 Å². The number of methoxy groups -OCH3 is 1. The number of aromatic nitrogens is 2. The molecule has 1 aliphatic rings. The van der Waals surface area contributed by atoms with Crippen molar-refractivity contribution in [2.24, 2.45) is 0 Å². The van der Waals surface area contributed by atoms with Gasteiger partial charge in [-0.05, 0) is 31.0 Å². The third-order valence-corrected chi connectivity index (χ3v) is 3.70. The zero-order valence-corrected chi connectivity index (χ0v) is 12.6. The van der Waals surface area contributed by atoms with Crippen molar-refractivity contribution < 1.29 is 18.3 Å². The van der Waals surface area contributed by atoms with Crippen LogP contribution in [0.2, 0.25) is 0 Å². The topological polar surface area (TPSA) is 56.1 Å². The van der Waals surface area contributed by atoms with Crippen LogP contribution in [0.15, 0.2) is 30.3 Å². The third kappa shape index (κ3) is 3.67. The summed E-state index contributed by atoms with van der Waals surface area (Å²) in [5.74, 6) is 0.546. The van der Waals surface area contributed by atoms with Crippen LogP contribution in [0, 0.1) is 0 Å². The number of carbonyl (C=O) groups excluding carboxylic acids is 1. The summed E-state index contributed by atoms with van der Waals surface area (Å²) in [5, 5.41) is 6.59. The number of carbonyl (C=O) groups is 1. The van der Waals surface area contributed by atoms with Gasteiger partial charge < -0.3 is 10.1 Å². The highest BCUT2D eigenvalue weighted by Crippen LogP contribution is 2.41. The van der Waals surface area contributed by atoms with E-state index in [2.05, 4.69) is 10.4 Å². The Morgan fingerprint density at radius 2 is 2.22 bits per heavy atom. The maximum Gasteiger partial charge on any atom is 0.282 e. The molecule has 23 heavy (non-hydrogen) atoms. The minimum atomic E-state index is -2.63. The summed E-state index contributed by atoms with van der Waals surface area (Å²) in [6, 6.07) is 8.35. The molecule has 2 aromatic rings. The van der Waals surface area contributed by atoms with Gasteiger partial charge in [-0.15, -0.1) is 0 Å². The molecule has 1 aromatic heterocycles. The summed E-state index contributed by atoms with van der Waals surface area (Å²) in [5.41, 5.74) is 1.02. The second-order valence-corrected chi connectivity index (χ2v) is 5.51. The van der Waals surface area contributed by atoms with E-state index < -0.39 is 6.43 Å². The Balaban J connectivity index is 1.72. The van der Waals surface area contributed by atoms with Gasteiger partial charge in [0.25, 0.3) is 6.43 Å². The number of amides is 1. The average Bonchev–Trinajstić information content (AvgIpc) is 3.28. The van der Waals surface area contributed by atoms with Crippen LogP contribution in [0.1, 0.15) is 36.6 Å². The van der Waals surface area contributed by atoms with Gasteiger partial charge in [0.05, 0.1) is 7.11 Å². The molecule has 1 N–H and O–H groups in total. The Hall–Kier alpha value is -2.44. The van der Waals surface area contributed by atoms with E-state index in [0.29, 0.717) is 17.1 Å². The first-order valence-corrected chi connectivity index (χ1v) is 7.36. The van der Waals surface area contributed by atoms with Gasteiger partial charge in [0, 0.05) is 23.4 Å². The predicted molar refractivity (Wildman–Crippen MR) is 80.8 cm³/mol. The first-order chi connectivity index (χ1) is 11.1. The normalized spacial score (nSPS) is 14.1. The van der Waals surface area contributed by atoms with Crippen LogP contribution < -0.4 is 10.1 Å². The number of rotatable bonds is 6. The zero-order valence-electron chi connectivity index (χ0n) is 12.6. The molecule has 1 fully saturated rings. The lowest BCUT2D eigenvalue weighted by molar-refractivity contribution is -0.117. The fourth-order valence-electron chi connectivity index (χ4n) is 2.43. The van der Waals surface area contributed by atoms with E-state index in [0.717, 1.165) is 12.8 Å². The van der Waals surface area contributed by atoms with Crippen molar-refractivity contribution in [1.82, 2.24) is 9.78 Å². The summed E-state index contributed by atoms with van der Waals surface area (Å²) in [6.07, 6.45) is -0.729. The lowest BCUT2D eigenvalue weighted by Gasteiger charge is -2.09. The molecular formula is C16H17F2N3O2. The molecule has 0 aliphatic heterocycles. The summed E-state index contributed by atoms with van der Waals surface area (Å²) in [7, 11) is 1.54. The fourth-order valence-corrected chi connectivity index (χ4v) is 2.43. The van der Waals surface area contributed by atoms with Gasteiger partial charge in [-0.25, -0.2) is 8.78 Å². The highest BCUT2D eigenvalue weighted by Gasteiger charge is 2.30. The smallest absolute Gasteiger partial charge is 0.282 e. The highest BCUT2D eigenvalue weighted by molar-refractivity contribution is 5.90. The van der Waals surface area contributed by atoms with Crippen LogP contribution in [0.3, 0.4) is 0 Å². The largest absolute Gasteiger partial charge is 0.497 e. The highest BCUT2D eigenvalue weighted by atomic mass is 19.3.